The molecule has 0 aliphatic rings. The van der Waals surface area contributed by atoms with Gasteiger partial charge < -0.3 is 15.7 Å². The van der Waals surface area contributed by atoms with Gasteiger partial charge in [-0.1, -0.05) is 128 Å². The molecule has 0 aliphatic carbocycles. The van der Waals surface area contributed by atoms with E-state index in [0.717, 1.165) is 11.1 Å². The minimum Gasteiger partial charge on any atom is -0.398 e. The molecule has 6 aromatic carbocycles. The van der Waals surface area contributed by atoms with E-state index in [0.29, 0.717) is 11.4 Å². The smallest absolute Gasteiger partial charge is 0.0632 e. The number of para-hydroxylation sites is 1. The standard InChI is InChI=1S/C28H21NS.C15H14N2/c1-4-8-25-18(5-2)21-14-12-17-11-13-20-19(26(17)28(21)30-25)15-16-24-27(20)22-9-6-7-10-23(22)29(24)3;16-14(12-7-3-1-4-8-12)11-15(17)13-9-5-2-6-10-13/h4-16H,2H2,1,3H3;1-11,16H,17H2/b8-4-;15-11-,16-14?. The van der Waals surface area contributed by atoms with Crippen LogP contribution in [0, 0.1) is 5.41 Å². The molecule has 228 valence electrons. The Morgan fingerprint density at radius 3 is 2.02 bits per heavy atom. The number of allylic oxidation sites excluding steroid dienone is 2. The average molecular weight is 626 g/mol. The van der Waals surface area contributed by atoms with Gasteiger partial charge in [0.15, 0.2) is 0 Å². The van der Waals surface area contributed by atoms with Crippen LogP contribution in [0.1, 0.15) is 28.5 Å². The second-order valence-electron chi connectivity index (χ2n) is 11.6. The Hall–Kier alpha value is -5.71. The summed E-state index contributed by atoms with van der Waals surface area (Å²) in [5.41, 5.74) is 12.6. The number of fused-ring (bicyclic) bond motifs is 9. The van der Waals surface area contributed by atoms with Gasteiger partial charge in [-0.25, -0.2) is 0 Å². The van der Waals surface area contributed by atoms with Crippen LogP contribution in [0.4, 0.5) is 0 Å². The Bertz CT molecular complexity index is 2510. The molecule has 0 fully saturated rings. The molecule has 0 amide bonds. The van der Waals surface area contributed by atoms with Crippen molar-refractivity contribution >= 4 is 88.3 Å². The predicted molar refractivity (Wildman–Crippen MR) is 207 cm³/mol. The number of hydrogen-bond donors (Lipinski definition) is 2. The van der Waals surface area contributed by atoms with Gasteiger partial charge in [0.25, 0.3) is 0 Å². The van der Waals surface area contributed by atoms with Crippen molar-refractivity contribution in [3.63, 3.8) is 0 Å². The van der Waals surface area contributed by atoms with Crippen LogP contribution in [-0.4, -0.2) is 10.3 Å². The molecule has 4 heteroatoms. The highest BCUT2D eigenvalue weighted by Gasteiger charge is 2.16. The number of hydrogen-bond acceptors (Lipinski definition) is 3. The zero-order chi connectivity index (χ0) is 32.5. The summed E-state index contributed by atoms with van der Waals surface area (Å²) in [6.45, 7) is 6.16. The Morgan fingerprint density at radius 1 is 0.702 bits per heavy atom. The van der Waals surface area contributed by atoms with E-state index >= 15 is 0 Å². The summed E-state index contributed by atoms with van der Waals surface area (Å²) in [5, 5.41) is 17.2. The number of nitrogens with zero attached hydrogens (tertiary/aromatic N) is 1. The highest BCUT2D eigenvalue weighted by atomic mass is 32.1. The lowest BCUT2D eigenvalue weighted by atomic mass is 9.96. The second kappa shape index (κ2) is 12.6. The van der Waals surface area contributed by atoms with Crippen LogP contribution in [0.3, 0.4) is 0 Å². The molecule has 0 unspecified atom stereocenters. The first-order valence-corrected chi connectivity index (χ1v) is 16.5. The lowest BCUT2D eigenvalue weighted by Crippen LogP contribution is -2.02. The Kier molecular flexibility index (Phi) is 8.03. The minimum absolute atomic E-state index is 0.423. The van der Waals surface area contributed by atoms with Gasteiger partial charge in [0.05, 0.1) is 5.71 Å². The van der Waals surface area contributed by atoms with Gasteiger partial charge in [-0.2, -0.15) is 0 Å². The van der Waals surface area contributed by atoms with Crippen LogP contribution in [0.5, 0.6) is 0 Å². The number of rotatable bonds is 5. The summed E-state index contributed by atoms with van der Waals surface area (Å²) in [6, 6.07) is 41.6. The molecular formula is C43H35N3S. The van der Waals surface area contributed by atoms with Gasteiger partial charge in [-0.05, 0) is 64.1 Å². The van der Waals surface area contributed by atoms with Crippen molar-refractivity contribution in [1.82, 2.24) is 4.57 Å². The first-order chi connectivity index (χ1) is 23.0. The van der Waals surface area contributed by atoms with Crippen molar-refractivity contribution in [2.45, 2.75) is 6.92 Å². The summed E-state index contributed by atoms with van der Waals surface area (Å²) in [7, 11) is 2.16. The van der Waals surface area contributed by atoms with Crippen molar-refractivity contribution in [3.05, 3.63) is 162 Å². The van der Waals surface area contributed by atoms with Crippen molar-refractivity contribution in [1.29, 1.82) is 5.41 Å². The number of thiophene rings is 1. The van der Waals surface area contributed by atoms with Crippen LogP contribution in [-0.2, 0) is 7.05 Å². The quantitative estimate of drug-likeness (QED) is 0.145. The van der Waals surface area contributed by atoms with E-state index in [1.54, 1.807) is 6.08 Å². The molecule has 0 saturated carbocycles. The van der Waals surface area contributed by atoms with Crippen LogP contribution in [0.25, 0.3) is 71.3 Å². The third kappa shape index (κ3) is 5.33. The Morgan fingerprint density at radius 2 is 1.32 bits per heavy atom. The van der Waals surface area contributed by atoms with Crippen molar-refractivity contribution in [2.24, 2.45) is 12.8 Å². The molecule has 0 bridgehead atoms. The molecule has 2 heterocycles. The van der Waals surface area contributed by atoms with E-state index in [9.17, 15) is 0 Å². The van der Waals surface area contributed by atoms with E-state index in [2.05, 4.69) is 97.9 Å². The fourth-order valence-electron chi connectivity index (χ4n) is 6.53. The summed E-state index contributed by atoms with van der Waals surface area (Å²) < 4.78 is 3.65. The topological polar surface area (TPSA) is 54.8 Å². The molecule has 0 aliphatic heterocycles. The van der Waals surface area contributed by atoms with Gasteiger partial charge in [0.1, 0.15) is 0 Å². The number of aromatic nitrogens is 1. The lowest BCUT2D eigenvalue weighted by Gasteiger charge is -2.08. The number of aryl methyl sites for hydroxylation is 1. The fraction of sp³-hybridized carbons (Fsp3) is 0.0465. The highest BCUT2D eigenvalue weighted by molar-refractivity contribution is 7.21. The fourth-order valence-corrected chi connectivity index (χ4v) is 7.87. The molecule has 8 aromatic rings. The van der Waals surface area contributed by atoms with Crippen molar-refractivity contribution in [2.75, 3.05) is 0 Å². The monoisotopic (exact) mass is 625 g/mol. The van der Waals surface area contributed by atoms with E-state index in [4.69, 9.17) is 11.1 Å². The third-order valence-electron chi connectivity index (χ3n) is 8.79. The van der Waals surface area contributed by atoms with Crippen LogP contribution >= 0.6 is 11.3 Å². The Labute approximate surface area is 278 Å². The van der Waals surface area contributed by atoms with Crippen molar-refractivity contribution in [3.8, 4) is 0 Å². The van der Waals surface area contributed by atoms with Crippen LogP contribution in [0.2, 0.25) is 0 Å². The summed E-state index contributed by atoms with van der Waals surface area (Å²) in [4.78, 5) is 1.28. The van der Waals surface area contributed by atoms with Gasteiger partial charge in [-0.15, -0.1) is 11.3 Å². The van der Waals surface area contributed by atoms with Gasteiger partial charge in [-0.3, -0.25) is 0 Å². The second-order valence-corrected chi connectivity index (χ2v) is 12.6. The largest absolute Gasteiger partial charge is 0.398 e. The maximum atomic E-state index is 7.95. The van der Waals surface area contributed by atoms with Crippen LogP contribution in [0.15, 0.2) is 140 Å². The third-order valence-corrected chi connectivity index (χ3v) is 9.99. The normalized spacial score (nSPS) is 11.9. The number of benzene rings is 6. The first kappa shape index (κ1) is 30.0. The number of nitrogens with one attached hydrogen (secondary N) is 1. The summed E-state index contributed by atoms with van der Waals surface area (Å²) in [6.07, 6.45) is 7.98. The molecule has 47 heavy (non-hydrogen) atoms. The minimum atomic E-state index is 0.423. The van der Waals surface area contributed by atoms with E-state index in [1.165, 1.54) is 63.9 Å². The van der Waals surface area contributed by atoms with Gasteiger partial charge in [0.2, 0.25) is 0 Å². The molecule has 0 spiro atoms. The average Bonchev–Trinajstić information content (AvgIpc) is 3.63. The molecular weight excluding hydrogens is 591 g/mol. The van der Waals surface area contributed by atoms with Crippen molar-refractivity contribution < 1.29 is 0 Å². The van der Waals surface area contributed by atoms with Crippen LogP contribution < -0.4 is 5.73 Å². The maximum Gasteiger partial charge on any atom is 0.0632 e. The molecule has 2 aromatic heterocycles. The molecule has 8 rings (SSSR count). The van der Waals surface area contributed by atoms with E-state index < -0.39 is 0 Å². The van der Waals surface area contributed by atoms with E-state index in [-0.39, 0.29) is 0 Å². The predicted octanol–water partition coefficient (Wildman–Crippen LogP) is 11.6. The zero-order valence-corrected chi connectivity index (χ0v) is 27.3. The SMILES string of the molecule is C=Cc1c(/C=C\C)sc2c1ccc1ccc3c(ccc4c3c3ccccc3n4C)c12.N=C(/C=C(\N)c1ccccc1)c1ccccc1. The molecule has 3 N–H and O–H groups in total. The highest BCUT2D eigenvalue weighted by Crippen LogP contribution is 2.43. The summed E-state index contributed by atoms with van der Waals surface area (Å²) in [5.74, 6) is 0. The zero-order valence-electron chi connectivity index (χ0n) is 26.5. The molecule has 0 saturated heterocycles. The van der Waals surface area contributed by atoms with Gasteiger partial charge >= 0.3 is 0 Å². The maximum absolute atomic E-state index is 7.95. The Balaban J connectivity index is 0.000000176. The molecule has 3 nitrogen and oxygen atoms in total. The lowest BCUT2D eigenvalue weighted by molar-refractivity contribution is 1.01. The van der Waals surface area contributed by atoms with E-state index in [1.807, 2.05) is 78.1 Å². The number of nitrogens with two attached hydrogens (primary N) is 1. The van der Waals surface area contributed by atoms with Gasteiger partial charge in [0, 0.05) is 54.9 Å². The summed E-state index contributed by atoms with van der Waals surface area (Å²) >= 11 is 1.87. The molecule has 0 atom stereocenters. The first-order valence-electron chi connectivity index (χ1n) is 15.7. The molecule has 0 radical (unpaired) electrons.